The molecule has 0 radical (unpaired) electrons. The van der Waals surface area contributed by atoms with Crippen molar-refractivity contribution in [2.45, 2.75) is 30.2 Å². The van der Waals surface area contributed by atoms with Gasteiger partial charge in [-0.25, -0.2) is 19.2 Å². The highest BCUT2D eigenvalue weighted by Gasteiger charge is 2.41. The molecule has 4 rings (SSSR count). The molecule has 28 heavy (non-hydrogen) atoms. The normalized spacial score (nSPS) is 19.9. The number of primary amides is 1. The number of hydrogen-bond acceptors (Lipinski definition) is 7. The van der Waals surface area contributed by atoms with Crippen molar-refractivity contribution in [3.05, 3.63) is 53.8 Å². The monoisotopic (exact) mass is 401 g/mol. The Morgan fingerprint density at radius 1 is 1.36 bits per heavy atom. The Hall–Kier alpha value is -2.88. The molecule has 2 aromatic heterocycles. The lowest BCUT2D eigenvalue weighted by atomic mass is 9.66. The lowest BCUT2D eigenvalue weighted by Gasteiger charge is -2.41. The molecule has 8 nitrogen and oxygen atoms in total. The number of anilines is 2. The summed E-state index contributed by atoms with van der Waals surface area (Å²) in [5, 5.41) is 8.13. The smallest absolute Gasteiger partial charge is 0.321 e. The Bertz CT molecular complexity index is 888. The Morgan fingerprint density at radius 3 is 2.79 bits per heavy atom. The van der Waals surface area contributed by atoms with E-state index in [9.17, 15) is 9.18 Å². The van der Waals surface area contributed by atoms with Crippen LogP contribution in [0.3, 0.4) is 0 Å². The molecule has 0 saturated heterocycles. The van der Waals surface area contributed by atoms with E-state index in [1.165, 1.54) is 22.7 Å². The molecular weight excluding hydrogens is 381 g/mol. The zero-order valence-electron chi connectivity index (χ0n) is 15.0. The van der Waals surface area contributed by atoms with E-state index in [2.05, 4.69) is 25.6 Å². The van der Waals surface area contributed by atoms with Gasteiger partial charge in [0, 0.05) is 24.4 Å². The van der Waals surface area contributed by atoms with Gasteiger partial charge in [0.05, 0.1) is 23.8 Å². The van der Waals surface area contributed by atoms with Crippen molar-refractivity contribution >= 4 is 29.4 Å². The summed E-state index contributed by atoms with van der Waals surface area (Å²) < 4.78 is 14.2. The fourth-order valence-corrected chi connectivity index (χ4v) is 4.23. The fraction of sp³-hybridized carbons (Fsp3) is 0.333. The second-order valence-corrected chi connectivity index (χ2v) is 7.77. The summed E-state index contributed by atoms with van der Waals surface area (Å²) >= 11 is 1.42. The molecule has 1 saturated carbocycles. The molecule has 0 bridgehead atoms. The number of thioether (sulfide) groups is 1. The summed E-state index contributed by atoms with van der Waals surface area (Å²) in [6.45, 7) is 0.519. The molecule has 146 valence electrons. The van der Waals surface area contributed by atoms with Crippen LogP contribution in [0, 0.1) is 5.82 Å². The van der Waals surface area contributed by atoms with E-state index >= 15 is 0 Å². The van der Waals surface area contributed by atoms with Crippen molar-refractivity contribution in [2.75, 3.05) is 17.2 Å². The molecule has 1 fully saturated rings. The molecule has 4 N–H and O–H groups in total. The minimum Gasteiger partial charge on any atom is -0.354 e. The van der Waals surface area contributed by atoms with Crippen LogP contribution in [0.15, 0.2) is 42.3 Å². The summed E-state index contributed by atoms with van der Waals surface area (Å²) in [5.41, 5.74) is 5.85. The van der Waals surface area contributed by atoms with Gasteiger partial charge in [0.25, 0.3) is 0 Å². The van der Waals surface area contributed by atoms with Gasteiger partial charge >= 0.3 is 6.03 Å². The second-order valence-electron chi connectivity index (χ2n) is 6.78. The van der Waals surface area contributed by atoms with Gasteiger partial charge in [0.1, 0.15) is 5.82 Å². The standard InChI is InChI=1S/C18H20FN7OS/c19-13-3-1-6-21-14(13)18(4-2-5-18)11-24-16-22-9-12(10-23-16)25-17-26(15(20)27)7-8-28-17/h1,3,6-10,17,25H,2,4-5,11H2,(H2,20,27)(H,22,23,24). The molecule has 2 aliphatic rings. The van der Waals surface area contributed by atoms with Gasteiger partial charge in [-0.15, -0.1) is 0 Å². The minimum atomic E-state index is -0.537. The third-order valence-corrected chi connectivity index (χ3v) is 5.92. The number of hydrogen-bond donors (Lipinski definition) is 3. The third-order valence-electron chi connectivity index (χ3n) is 5.03. The number of rotatable bonds is 6. The molecule has 1 atom stereocenters. The fourth-order valence-electron chi connectivity index (χ4n) is 3.37. The summed E-state index contributed by atoms with van der Waals surface area (Å²) in [4.78, 5) is 25.6. The number of halogens is 1. The first-order chi connectivity index (χ1) is 13.6. The number of amides is 2. The molecule has 1 aliphatic heterocycles. The Labute approximate surface area is 165 Å². The summed E-state index contributed by atoms with van der Waals surface area (Å²) in [5.74, 6) is 0.184. The molecule has 0 aromatic carbocycles. The van der Waals surface area contributed by atoms with E-state index in [1.54, 1.807) is 36.3 Å². The quantitative estimate of drug-likeness (QED) is 0.683. The molecule has 10 heteroatoms. The van der Waals surface area contributed by atoms with E-state index < -0.39 is 6.03 Å². The Kier molecular flexibility index (Phi) is 5.03. The lowest BCUT2D eigenvalue weighted by Crippen LogP contribution is -2.42. The lowest BCUT2D eigenvalue weighted by molar-refractivity contribution is 0.225. The third kappa shape index (κ3) is 3.59. The predicted octanol–water partition coefficient (Wildman–Crippen LogP) is 2.84. The van der Waals surface area contributed by atoms with Crippen molar-refractivity contribution in [1.29, 1.82) is 0 Å². The van der Waals surface area contributed by atoms with Crippen LogP contribution in [0.4, 0.5) is 20.8 Å². The molecule has 3 heterocycles. The maximum Gasteiger partial charge on any atom is 0.321 e. The maximum atomic E-state index is 14.2. The molecular formula is C18H20FN7OS. The number of urea groups is 1. The maximum absolute atomic E-state index is 14.2. The van der Waals surface area contributed by atoms with E-state index in [1.807, 2.05) is 0 Å². The van der Waals surface area contributed by atoms with Gasteiger partial charge in [0.2, 0.25) is 5.95 Å². The topological polar surface area (TPSA) is 109 Å². The van der Waals surface area contributed by atoms with Gasteiger partial charge in [-0.2, -0.15) is 0 Å². The van der Waals surface area contributed by atoms with Gasteiger partial charge < -0.3 is 16.4 Å². The molecule has 0 spiro atoms. The second kappa shape index (κ2) is 7.63. The Morgan fingerprint density at radius 2 is 2.14 bits per heavy atom. The molecule has 1 unspecified atom stereocenters. The highest BCUT2D eigenvalue weighted by atomic mass is 32.2. The van der Waals surface area contributed by atoms with Crippen molar-refractivity contribution in [1.82, 2.24) is 19.9 Å². The van der Waals surface area contributed by atoms with E-state index in [0.29, 0.717) is 23.9 Å². The predicted molar refractivity (Wildman–Crippen MR) is 106 cm³/mol. The zero-order chi connectivity index (χ0) is 19.6. The van der Waals surface area contributed by atoms with Crippen LogP contribution < -0.4 is 16.4 Å². The van der Waals surface area contributed by atoms with Crippen LogP contribution >= 0.6 is 11.8 Å². The number of carbonyl (C=O) groups is 1. The largest absolute Gasteiger partial charge is 0.354 e. The van der Waals surface area contributed by atoms with Crippen LogP contribution in [0.2, 0.25) is 0 Å². The van der Waals surface area contributed by atoms with E-state index in [4.69, 9.17) is 5.73 Å². The van der Waals surface area contributed by atoms with Gasteiger partial charge in [-0.1, -0.05) is 18.2 Å². The van der Waals surface area contributed by atoms with E-state index in [0.717, 1.165) is 19.3 Å². The average molecular weight is 401 g/mol. The molecule has 1 aliphatic carbocycles. The summed E-state index contributed by atoms with van der Waals surface area (Å²) in [6, 6.07) is 2.51. The highest BCUT2D eigenvalue weighted by molar-refractivity contribution is 8.03. The van der Waals surface area contributed by atoms with Crippen LogP contribution in [0.5, 0.6) is 0 Å². The minimum absolute atomic E-state index is 0.272. The number of aromatic nitrogens is 3. The van der Waals surface area contributed by atoms with Crippen molar-refractivity contribution in [3.8, 4) is 0 Å². The van der Waals surface area contributed by atoms with Crippen LogP contribution in [0.1, 0.15) is 25.0 Å². The first-order valence-corrected chi connectivity index (χ1v) is 9.85. The van der Waals surface area contributed by atoms with Crippen molar-refractivity contribution in [3.63, 3.8) is 0 Å². The number of nitrogens with zero attached hydrogens (tertiary/aromatic N) is 4. The number of carbonyl (C=O) groups excluding carboxylic acids is 1. The Balaban J connectivity index is 1.38. The van der Waals surface area contributed by atoms with Gasteiger partial charge in [-0.3, -0.25) is 9.88 Å². The van der Waals surface area contributed by atoms with Crippen LogP contribution in [-0.4, -0.2) is 37.9 Å². The summed E-state index contributed by atoms with van der Waals surface area (Å²) in [7, 11) is 0. The van der Waals surface area contributed by atoms with Gasteiger partial charge in [-0.05, 0) is 30.4 Å². The highest BCUT2D eigenvalue weighted by Crippen LogP contribution is 2.43. The number of pyridine rings is 1. The molecule has 2 aromatic rings. The summed E-state index contributed by atoms with van der Waals surface area (Å²) in [6.07, 6.45) is 9.30. The zero-order valence-corrected chi connectivity index (χ0v) is 15.8. The number of nitrogens with one attached hydrogen (secondary N) is 2. The first kappa shape index (κ1) is 18.5. The molecule has 2 amide bonds. The van der Waals surface area contributed by atoms with Crippen molar-refractivity contribution < 1.29 is 9.18 Å². The van der Waals surface area contributed by atoms with Gasteiger partial charge in [0.15, 0.2) is 5.50 Å². The SMILES string of the molecule is NC(=O)N1C=CSC1Nc1cnc(NCC2(c3ncccc3F)CCC2)nc1. The first-order valence-electron chi connectivity index (χ1n) is 8.91. The van der Waals surface area contributed by atoms with E-state index in [-0.39, 0.29) is 16.7 Å². The van der Waals surface area contributed by atoms with Crippen LogP contribution in [0.25, 0.3) is 0 Å². The number of nitrogens with two attached hydrogens (primary N) is 1. The average Bonchev–Trinajstić information content (AvgIpc) is 3.12. The van der Waals surface area contributed by atoms with Crippen LogP contribution in [-0.2, 0) is 5.41 Å². The van der Waals surface area contributed by atoms with Crippen molar-refractivity contribution in [2.24, 2.45) is 5.73 Å².